The maximum absolute atomic E-state index is 13.2. The van der Waals surface area contributed by atoms with Crippen LogP contribution in [0.5, 0.6) is 0 Å². The summed E-state index contributed by atoms with van der Waals surface area (Å²) in [6.07, 6.45) is 8.44. The number of piperidine rings is 1. The van der Waals surface area contributed by atoms with E-state index in [0.717, 1.165) is 49.6 Å². The highest BCUT2D eigenvalue weighted by Gasteiger charge is 2.27. The van der Waals surface area contributed by atoms with E-state index < -0.39 is 0 Å². The van der Waals surface area contributed by atoms with Crippen LogP contribution in [0.2, 0.25) is 0 Å². The van der Waals surface area contributed by atoms with Gasteiger partial charge in [0.15, 0.2) is 0 Å². The van der Waals surface area contributed by atoms with Gasteiger partial charge in [0.05, 0.1) is 29.7 Å². The smallest absolute Gasteiger partial charge is 0.257 e. The molecule has 2 aromatic heterocycles. The Morgan fingerprint density at radius 3 is 2.62 bits per heavy atom. The molecule has 1 fully saturated rings. The molecular formula is C22H27N5O2. The van der Waals surface area contributed by atoms with E-state index >= 15 is 0 Å². The van der Waals surface area contributed by atoms with Crippen molar-refractivity contribution < 1.29 is 9.53 Å². The summed E-state index contributed by atoms with van der Waals surface area (Å²) >= 11 is 0. The lowest BCUT2D eigenvalue weighted by atomic mass is 9.93. The van der Waals surface area contributed by atoms with Crippen molar-refractivity contribution >= 4 is 5.91 Å². The van der Waals surface area contributed by atoms with Gasteiger partial charge >= 0.3 is 0 Å². The predicted octanol–water partition coefficient (Wildman–Crippen LogP) is 2.85. The van der Waals surface area contributed by atoms with Crippen LogP contribution in [-0.4, -0.2) is 50.3 Å². The van der Waals surface area contributed by atoms with Crippen LogP contribution in [0.4, 0.5) is 0 Å². The van der Waals surface area contributed by atoms with Crippen molar-refractivity contribution in [2.75, 3.05) is 20.2 Å². The Hall–Kier alpha value is -2.93. The Labute approximate surface area is 170 Å². The zero-order chi connectivity index (χ0) is 20.2. The van der Waals surface area contributed by atoms with Crippen molar-refractivity contribution in [3.63, 3.8) is 0 Å². The summed E-state index contributed by atoms with van der Waals surface area (Å²) in [6, 6.07) is 9.83. The van der Waals surface area contributed by atoms with E-state index in [1.807, 2.05) is 54.7 Å². The fourth-order valence-electron chi connectivity index (χ4n) is 3.98. The molecule has 0 spiro atoms. The molecule has 1 saturated heterocycles. The highest BCUT2D eigenvalue weighted by atomic mass is 16.5. The summed E-state index contributed by atoms with van der Waals surface area (Å²) in [4.78, 5) is 19.6. The van der Waals surface area contributed by atoms with E-state index in [1.165, 1.54) is 0 Å². The average Bonchev–Trinajstić information content (AvgIpc) is 3.35. The molecule has 0 unspecified atom stereocenters. The largest absolute Gasteiger partial charge is 0.378 e. The molecule has 0 radical (unpaired) electrons. The first kappa shape index (κ1) is 19.4. The molecule has 4 rings (SSSR count). The van der Waals surface area contributed by atoms with Crippen LogP contribution < -0.4 is 0 Å². The van der Waals surface area contributed by atoms with E-state index in [0.29, 0.717) is 18.1 Å². The van der Waals surface area contributed by atoms with E-state index in [9.17, 15) is 4.79 Å². The highest BCUT2D eigenvalue weighted by molar-refractivity contribution is 5.95. The van der Waals surface area contributed by atoms with Gasteiger partial charge in [-0.3, -0.25) is 4.79 Å². The Morgan fingerprint density at radius 2 is 1.97 bits per heavy atom. The van der Waals surface area contributed by atoms with Crippen molar-refractivity contribution in [3.05, 3.63) is 66.0 Å². The molecule has 0 atom stereocenters. The first-order chi connectivity index (χ1) is 14.2. The summed E-state index contributed by atoms with van der Waals surface area (Å²) in [5, 5.41) is 4.47. The lowest BCUT2D eigenvalue weighted by molar-refractivity contribution is 0.0684. The topological polar surface area (TPSA) is 65.2 Å². The number of carbonyl (C=O) groups excluding carboxylic acids is 1. The van der Waals surface area contributed by atoms with Gasteiger partial charge in [-0.15, -0.1) is 0 Å². The standard InChI is InChI=1S/C22H27N5O2/c1-25-13-10-23-21(25)14-17-8-11-26(12-9-17)22(28)19-15-24-27(20(19)16-29-2)18-6-4-3-5-7-18/h3-7,10,13,15,17H,8-9,11-12,14,16H2,1-2H3. The Bertz CT molecular complexity index is 955. The van der Waals surface area contributed by atoms with Gasteiger partial charge in [0, 0.05) is 46.1 Å². The van der Waals surface area contributed by atoms with Gasteiger partial charge in [-0.05, 0) is 30.9 Å². The van der Waals surface area contributed by atoms with Crippen LogP contribution in [0.1, 0.15) is 34.7 Å². The predicted molar refractivity (Wildman–Crippen MR) is 110 cm³/mol. The minimum atomic E-state index is 0.0367. The van der Waals surface area contributed by atoms with Crippen LogP contribution in [0.25, 0.3) is 5.69 Å². The Kier molecular flexibility index (Phi) is 5.76. The number of hydrogen-bond acceptors (Lipinski definition) is 4. The second-order valence-electron chi connectivity index (χ2n) is 7.58. The Morgan fingerprint density at radius 1 is 1.21 bits per heavy atom. The number of hydrogen-bond donors (Lipinski definition) is 0. The highest BCUT2D eigenvalue weighted by Crippen LogP contribution is 2.24. The summed E-state index contributed by atoms with van der Waals surface area (Å²) in [7, 11) is 3.67. The summed E-state index contributed by atoms with van der Waals surface area (Å²) in [6.45, 7) is 1.86. The molecule has 1 aliphatic rings. The number of aryl methyl sites for hydroxylation is 1. The van der Waals surface area contributed by atoms with E-state index in [4.69, 9.17) is 4.74 Å². The van der Waals surface area contributed by atoms with Gasteiger partial charge in [-0.25, -0.2) is 9.67 Å². The lowest BCUT2D eigenvalue weighted by Gasteiger charge is -2.32. The number of aromatic nitrogens is 4. The number of nitrogens with zero attached hydrogens (tertiary/aromatic N) is 5. The summed E-state index contributed by atoms with van der Waals surface area (Å²) in [5.74, 6) is 1.71. The van der Waals surface area contributed by atoms with Crippen molar-refractivity contribution in [2.24, 2.45) is 13.0 Å². The molecular weight excluding hydrogens is 366 g/mol. The molecule has 7 nitrogen and oxygen atoms in total. The number of imidazole rings is 1. The van der Waals surface area contributed by atoms with Gasteiger partial charge in [-0.2, -0.15) is 5.10 Å². The number of benzene rings is 1. The second kappa shape index (κ2) is 8.61. The first-order valence-corrected chi connectivity index (χ1v) is 10.0. The van der Waals surface area contributed by atoms with Gasteiger partial charge in [-0.1, -0.05) is 18.2 Å². The number of rotatable bonds is 6. The van der Waals surface area contributed by atoms with Crippen molar-refractivity contribution in [1.29, 1.82) is 0 Å². The molecule has 1 amide bonds. The maximum atomic E-state index is 13.2. The molecule has 1 aliphatic heterocycles. The van der Waals surface area contributed by atoms with Crippen LogP contribution in [0.15, 0.2) is 48.9 Å². The van der Waals surface area contributed by atoms with Crippen LogP contribution >= 0.6 is 0 Å². The zero-order valence-electron chi connectivity index (χ0n) is 17.0. The monoisotopic (exact) mass is 393 g/mol. The van der Waals surface area contributed by atoms with Gasteiger partial charge in [0.1, 0.15) is 5.82 Å². The summed E-state index contributed by atoms with van der Waals surface area (Å²) < 4.78 is 9.24. The maximum Gasteiger partial charge on any atom is 0.257 e. The van der Waals surface area contributed by atoms with Gasteiger partial charge in [0.25, 0.3) is 5.91 Å². The van der Waals surface area contributed by atoms with Crippen LogP contribution in [-0.2, 0) is 24.8 Å². The molecule has 0 aliphatic carbocycles. The second-order valence-corrected chi connectivity index (χ2v) is 7.58. The molecule has 29 heavy (non-hydrogen) atoms. The van der Waals surface area contributed by atoms with Gasteiger partial charge in [0.2, 0.25) is 0 Å². The molecule has 7 heteroatoms. The lowest BCUT2D eigenvalue weighted by Crippen LogP contribution is -2.39. The van der Waals surface area contributed by atoms with E-state index in [1.54, 1.807) is 18.0 Å². The Balaban J connectivity index is 1.46. The number of ether oxygens (including phenoxy) is 1. The van der Waals surface area contributed by atoms with Crippen LogP contribution in [0.3, 0.4) is 0 Å². The fraction of sp³-hybridized carbons (Fsp3) is 0.409. The van der Waals surface area contributed by atoms with Crippen LogP contribution in [0, 0.1) is 5.92 Å². The van der Waals surface area contributed by atoms with Crippen molar-refractivity contribution in [2.45, 2.75) is 25.9 Å². The average molecular weight is 393 g/mol. The molecule has 1 aromatic carbocycles. The van der Waals surface area contributed by atoms with Crippen molar-refractivity contribution in [1.82, 2.24) is 24.2 Å². The van der Waals surface area contributed by atoms with E-state index in [-0.39, 0.29) is 5.91 Å². The quantitative estimate of drug-likeness (QED) is 0.646. The first-order valence-electron chi connectivity index (χ1n) is 10.0. The van der Waals surface area contributed by atoms with Crippen molar-refractivity contribution in [3.8, 4) is 5.69 Å². The molecule has 3 aromatic rings. The normalized spacial score (nSPS) is 15.0. The number of likely N-dealkylation sites (tertiary alicyclic amines) is 1. The number of amides is 1. The molecule has 0 bridgehead atoms. The third-order valence-electron chi connectivity index (χ3n) is 5.68. The summed E-state index contributed by atoms with van der Waals surface area (Å²) in [5.41, 5.74) is 2.34. The minimum Gasteiger partial charge on any atom is -0.378 e. The third kappa shape index (κ3) is 4.10. The molecule has 0 N–H and O–H groups in total. The molecule has 3 heterocycles. The van der Waals surface area contributed by atoms with Gasteiger partial charge < -0.3 is 14.2 Å². The SMILES string of the molecule is COCc1c(C(=O)N2CCC(Cc3nccn3C)CC2)cnn1-c1ccccc1. The fourth-order valence-corrected chi connectivity index (χ4v) is 3.98. The number of carbonyl (C=O) groups is 1. The number of methoxy groups -OCH3 is 1. The van der Waals surface area contributed by atoms with E-state index in [2.05, 4.69) is 14.6 Å². The molecule has 152 valence electrons. The molecule has 0 saturated carbocycles. The number of para-hydroxylation sites is 1. The minimum absolute atomic E-state index is 0.0367. The zero-order valence-corrected chi connectivity index (χ0v) is 17.0. The third-order valence-corrected chi connectivity index (χ3v) is 5.68.